The number of sulfonamides is 1. The number of benzene rings is 1. The van der Waals surface area contributed by atoms with Crippen molar-refractivity contribution in [1.82, 2.24) is 9.62 Å². The van der Waals surface area contributed by atoms with Crippen molar-refractivity contribution in [2.45, 2.75) is 23.8 Å². The number of nitrogens with one attached hydrogen (secondary N) is 1. The summed E-state index contributed by atoms with van der Waals surface area (Å²) in [5.41, 5.74) is 5.28. The van der Waals surface area contributed by atoms with Crippen molar-refractivity contribution in [2.24, 2.45) is 5.92 Å². The fourth-order valence-corrected chi connectivity index (χ4v) is 4.72. The Morgan fingerprint density at radius 1 is 1.38 bits per heavy atom. The van der Waals surface area contributed by atoms with E-state index in [1.165, 1.54) is 16.4 Å². The third-order valence-electron chi connectivity index (χ3n) is 4.13. The molecule has 2 aliphatic heterocycles. The van der Waals surface area contributed by atoms with Crippen molar-refractivity contribution in [3.63, 3.8) is 0 Å². The average molecular weight is 313 g/mol. The largest absolute Gasteiger partial charge is 0.396 e. The molecule has 1 aromatic carbocycles. The summed E-state index contributed by atoms with van der Waals surface area (Å²) in [5.74, 6) is -1.18. The Bertz CT molecular complexity index is 692. The van der Waals surface area contributed by atoms with Gasteiger partial charge in [0.25, 0.3) is 0 Å². The second kappa shape index (κ2) is 4.96. The average Bonchev–Trinajstić information content (AvgIpc) is 2.83. The molecule has 6 nitrogen and oxygen atoms in total. The van der Waals surface area contributed by atoms with Gasteiger partial charge in [-0.2, -0.15) is 4.31 Å². The summed E-state index contributed by atoms with van der Waals surface area (Å²) in [7, 11) is -3.83. The topological polar surface area (TPSA) is 92.5 Å². The lowest BCUT2D eigenvalue weighted by Gasteiger charge is -2.34. The van der Waals surface area contributed by atoms with Crippen LogP contribution in [0.2, 0.25) is 0 Å². The molecule has 0 aromatic heterocycles. The Balaban J connectivity index is 1.97. The van der Waals surface area contributed by atoms with Gasteiger partial charge < -0.3 is 11.1 Å². The van der Waals surface area contributed by atoms with Gasteiger partial charge in [0.1, 0.15) is 5.82 Å². The lowest BCUT2D eigenvalue weighted by atomic mass is 9.93. The zero-order valence-electron chi connectivity index (χ0n) is 11.3. The maximum absolute atomic E-state index is 13.5. The summed E-state index contributed by atoms with van der Waals surface area (Å²) in [6, 6.07) is 3.07. The molecular formula is C13H16FN3O3S. The number of halogens is 1. The van der Waals surface area contributed by atoms with Gasteiger partial charge in [0, 0.05) is 13.1 Å². The van der Waals surface area contributed by atoms with E-state index in [1.54, 1.807) is 0 Å². The second-order valence-corrected chi connectivity index (χ2v) is 7.25. The molecule has 114 valence electrons. The molecule has 3 rings (SSSR count). The molecule has 0 saturated carbocycles. The molecule has 0 radical (unpaired) electrons. The van der Waals surface area contributed by atoms with Crippen molar-refractivity contribution < 1.29 is 17.6 Å². The third-order valence-corrected chi connectivity index (χ3v) is 6.05. The normalized spacial score (nSPS) is 26.4. The number of nitrogens with zero attached hydrogens (tertiary/aromatic N) is 1. The number of carbonyl (C=O) groups is 1. The summed E-state index contributed by atoms with van der Waals surface area (Å²) < 4.78 is 40.2. The van der Waals surface area contributed by atoms with Crippen molar-refractivity contribution >= 4 is 21.6 Å². The molecule has 0 bridgehead atoms. The first-order valence-corrected chi connectivity index (χ1v) is 8.20. The highest BCUT2D eigenvalue weighted by atomic mass is 32.2. The number of anilines is 1. The predicted octanol–water partition coefficient (Wildman–Crippen LogP) is 0.307. The molecular weight excluding hydrogens is 297 g/mol. The Kier molecular flexibility index (Phi) is 3.37. The summed E-state index contributed by atoms with van der Waals surface area (Å²) >= 11 is 0. The highest BCUT2D eigenvalue weighted by Gasteiger charge is 2.45. The van der Waals surface area contributed by atoms with Gasteiger partial charge in [-0.15, -0.1) is 0 Å². The van der Waals surface area contributed by atoms with Crippen LogP contribution in [0.15, 0.2) is 23.1 Å². The highest BCUT2D eigenvalue weighted by Crippen LogP contribution is 2.32. The van der Waals surface area contributed by atoms with E-state index in [9.17, 15) is 17.6 Å². The van der Waals surface area contributed by atoms with Crippen molar-refractivity contribution in [1.29, 1.82) is 0 Å². The van der Waals surface area contributed by atoms with E-state index in [-0.39, 0.29) is 22.4 Å². The first-order chi connectivity index (χ1) is 9.91. The number of nitrogens with two attached hydrogens (primary N) is 1. The van der Waals surface area contributed by atoms with Crippen LogP contribution in [0.5, 0.6) is 0 Å². The van der Waals surface area contributed by atoms with E-state index in [2.05, 4.69) is 5.32 Å². The van der Waals surface area contributed by atoms with Gasteiger partial charge in [-0.05, 0) is 31.0 Å². The van der Waals surface area contributed by atoms with E-state index in [1.807, 2.05) is 0 Å². The Morgan fingerprint density at radius 2 is 2.14 bits per heavy atom. The number of nitrogen functional groups attached to an aromatic ring is 1. The lowest BCUT2D eigenvalue weighted by molar-refractivity contribution is -0.123. The predicted molar refractivity (Wildman–Crippen MR) is 74.2 cm³/mol. The number of amides is 1. The number of carbonyl (C=O) groups excluding carboxylic acids is 1. The van der Waals surface area contributed by atoms with E-state index >= 15 is 0 Å². The zero-order valence-corrected chi connectivity index (χ0v) is 12.1. The minimum atomic E-state index is -3.83. The number of piperidine rings is 1. The molecule has 2 aliphatic rings. The molecule has 1 aromatic rings. The first kappa shape index (κ1) is 14.3. The molecule has 0 aliphatic carbocycles. The van der Waals surface area contributed by atoms with Gasteiger partial charge in [-0.25, -0.2) is 12.8 Å². The molecule has 2 heterocycles. The molecule has 21 heavy (non-hydrogen) atoms. The number of rotatable bonds is 2. The number of fused-ring (bicyclic) bond motifs is 1. The smallest absolute Gasteiger partial charge is 0.243 e. The summed E-state index contributed by atoms with van der Waals surface area (Å²) in [6.07, 6.45) is 1.30. The van der Waals surface area contributed by atoms with Crippen LogP contribution in [0.25, 0.3) is 0 Å². The van der Waals surface area contributed by atoms with Gasteiger partial charge in [0.2, 0.25) is 15.9 Å². The maximum atomic E-state index is 13.5. The highest BCUT2D eigenvalue weighted by molar-refractivity contribution is 7.89. The van der Waals surface area contributed by atoms with Crippen LogP contribution in [-0.4, -0.2) is 37.8 Å². The molecule has 3 N–H and O–H groups in total. The fraction of sp³-hybridized carbons (Fsp3) is 0.462. The minimum Gasteiger partial charge on any atom is -0.396 e. The van der Waals surface area contributed by atoms with Crippen molar-refractivity contribution in [3.8, 4) is 0 Å². The van der Waals surface area contributed by atoms with Gasteiger partial charge in [0.15, 0.2) is 0 Å². The van der Waals surface area contributed by atoms with Crippen molar-refractivity contribution in [2.75, 3.05) is 18.8 Å². The fourth-order valence-electron chi connectivity index (χ4n) is 3.01. The van der Waals surface area contributed by atoms with Gasteiger partial charge in [-0.1, -0.05) is 0 Å². The Hall–Kier alpha value is -1.67. The van der Waals surface area contributed by atoms with Gasteiger partial charge in [-0.3, -0.25) is 4.79 Å². The van der Waals surface area contributed by atoms with Crippen LogP contribution in [0.1, 0.15) is 12.8 Å². The van der Waals surface area contributed by atoms with E-state index in [0.29, 0.717) is 25.9 Å². The second-order valence-electron chi connectivity index (χ2n) is 5.36. The Morgan fingerprint density at radius 3 is 2.86 bits per heavy atom. The van der Waals surface area contributed by atoms with E-state index in [0.717, 1.165) is 6.07 Å². The minimum absolute atomic E-state index is 0.0943. The monoisotopic (exact) mass is 313 g/mol. The van der Waals surface area contributed by atoms with Crippen LogP contribution in [0.4, 0.5) is 10.1 Å². The summed E-state index contributed by atoms with van der Waals surface area (Å²) in [5, 5.41) is 2.70. The van der Waals surface area contributed by atoms with Crippen LogP contribution in [0.3, 0.4) is 0 Å². The summed E-state index contributed by atoms with van der Waals surface area (Å²) in [4.78, 5) is 11.6. The molecule has 0 spiro atoms. The molecule has 2 unspecified atom stereocenters. The SMILES string of the molecule is Nc1ccc(S(=O)(=O)N2CCCC3C(=O)NCC32)cc1F. The summed E-state index contributed by atoms with van der Waals surface area (Å²) in [6.45, 7) is 0.643. The standard InChI is InChI=1S/C13H16FN3O3S/c14-10-6-8(3-4-11(10)15)21(19,20)17-5-1-2-9-12(17)7-16-13(9)18/h3-4,6,9,12H,1-2,5,7,15H2,(H,16,18). The van der Waals surface area contributed by atoms with Crippen LogP contribution < -0.4 is 11.1 Å². The van der Waals surface area contributed by atoms with E-state index in [4.69, 9.17) is 5.73 Å². The molecule has 2 atom stereocenters. The lowest BCUT2D eigenvalue weighted by Crippen LogP contribution is -2.48. The van der Waals surface area contributed by atoms with Crippen LogP contribution >= 0.6 is 0 Å². The molecule has 2 fully saturated rings. The van der Waals surface area contributed by atoms with Crippen molar-refractivity contribution in [3.05, 3.63) is 24.0 Å². The quantitative estimate of drug-likeness (QED) is 0.769. The molecule has 2 saturated heterocycles. The zero-order chi connectivity index (χ0) is 15.2. The van der Waals surface area contributed by atoms with Gasteiger partial charge >= 0.3 is 0 Å². The molecule has 1 amide bonds. The van der Waals surface area contributed by atoms with E-state index < -0.39 is 21.9 Å². The first-order valence-electron chi connectivity index (χ1n) is 6.76. The molecule has 8 heteroatoms. The number of hydrogen-bond acceptors (Lipinski definition) is 4. The van der Waals surface area contributed by atoms with Crippen LogP contribution in [0, 0.1) is 11.7 Å². The third kappa shape index (κ3) is 2.28. The number of hydrogen-bond donors (Lipinski definition) is 2. The Labute approximate surface area is 122 Å². The maximum Gasteiger partial charge on any atom is 0.243 e. The van der Waals surface area contributed by atoms with Gasteiger partial charge in [0.05, 0.1) is 22.5 Å². The van der Waals surface area contributed by atoms with Crippen LogP contribution in [-0.2, 0) is 14.8 Å².